The Morgan fingerprint density at radius 1 is 0.290 bits per heavy atom. The minimum atomic E-state index is -0.0895. The molecule has 0 saturated heterocycles. The van der Waals surface area contributed by atoms with Crippen LogP contribution in [0.25, 0.3) is 77.5 Å². The van der Waals surface area contributed by atoms with Gasteiger partial charge in [0, 0.05) is 22.4 Å². The molecule has 0 unspecified atom stereocenters. The molecule has 10 aromatic carbocycles. The second-order valence-corrected chi connectivity index (χ2v) is 16.9. The van der Waals surface area contributed by atoms with Crippen molar-refractivity contribution < 1.29 is 0 Å². The Balaban J connectivity index is 1.08. The summed E-state index contributed by atoms with van der Waals surface area (Å²) in [4.78, 5) is 2.48. The molecule has 0 aromatic heterocycles. The molecular weight excluding hydrogens is 747 g/mol. The van der Waals surface area contributed by atoms with E-state index in [1.54, 1.807) is 0 Å². The van der Waals surface area contributed by atoms with Crippen LogP contribution in [0, 0.1) is 0 Å². The Kier molecular flexibility index (Phi) is 9.24. The zero-order chi connectivity index (χ0) is 41.6. The van der Waals surface area contributed by atoms with Gasteiger partial charge in [-0.15, -0.1) is 0 Å². The van der Waals surface area contributed by atoms with Crippen LogP contribution in [-0.2, 0) is 5.41 Å². The Morgan fingerprint density at radius 2 is 0.790 bits per heavy atom. The van der Waals surface area contributed by atoms with Crippen LogP contribution in [0.5, 0.6) is 0 Å². The van der Waals surface area contributed by atoms with Crippen molar-refractivity contribution in [2.45, 2.75) is 19.3 Å². The van der Waals surface area contributed by atoms with Gasteiger partial charge < -0.3 is 4.90 Å². The van der Waals surface area contributed by atoms with Crippen molar-refractivity contribution in [2.75, 3.05) is 4.90 Å². The number of rotatable bonds is 8. The van der Waals surface area contributed by atoms with Crippen LogP contribution in [0.3, 0.4) is 0 Å². The molecule has 294 valence electrons. The number of hydrogen-bond acceptors (Lipinski definition) is 1. The summed E-state index contributed by atoms with van der Waals surface area (Å²) in [5.41, 5.74) is 20.5. The summed E-state index contributed by atoms with van der Waals surface area (Å²) in [6, 6.07) is 86.7. The first-order valence-electron chi connectivity index (χ1n) is 21.6. The van der Waals surface area contributed by atoms with Gasteiger partial charge in [-0.2, -0.15) is 0 Å². The zero-order valence-corrected chi connectivity index (χ0v) is 35.0. The fraction of sp³-hybridized carbons (Fsp3) is 0.0492. The lowest BCUT2D eigenvalue weighted by molar-refractivity contribution is 0.660. The van der Waals surface area contributed by atoms with Gasteiger partial charge in [0.25, 0.3) is 0 Å². The summed E-state index contributed by atoms with van der Waals surface area (Å²) in [7, 11) is 0. The molecule has 0 spiro atoms. The first-order chi connectivity index (χ1) is 30.5. The number of nitrogens with zero attached hydrogens (tertiary/aromatic N) is 1. The fourth-order valence-electron chi connectivity index (χ4n) is 9.74. The molecule has 0 atom stereocenters. The Hall–Kier alpha value is -7.74. The molecule has 1 aliphatic carbocycles. The Morgan fingerprint density at radius 3 is 1.50 bits per heavy atom. The van der Waals surface area contributed by atoms with Crippen molar-refractivity contribution in [2.24, 2.45) is 0 Å². The van der Waals surface area contributed by atoms with Crippen LogP contribution in [-0.4, -0.2) is 0 Å². The van der Waals surface area contributed by atoms with Gasteiger partial charge >= 0.3 is 0 Å². The van der Waals surface area contributed by atoms with Crippen molar-refractivity contribution in [3.05, 3.63) is 248 Å². The third kappa shape index (κ3) is 6.51. The monoisotopic (exact) mass is 791 g/mol. The van der Waals surface area contributed by atoms with Crippen LogP contribution in [0.1, 0.15) is 25.0 Å². The van der Waals surface area contributed by atoms with Gasteiger partial charge in [0.15, 0.2) is 0 Å². The molecule has 1 heteroatoms. The summed E-state index contributed by atoms with van der Waals surface area (Å²) in [6.07, 6.45) is 0. The first kappa shape index (κ1) is 37.3. The number of hydrogen-bond donors (Lipinski definition) is 0. The van der Waals surface area contributed by atoms with E-state index in [2.05, 4.69) is 255 Å². The van der Waals surface area contributed by atoms with Gasteiger partial charge in [-0.05, 0) is 119 Å². The third-order valence-electron chi connectivity index (χ3n) is 12.9. The molecule has 0 bridgehead atoms. The maximum absolute atomic E-state index is 2.48. The summed E-state index contributed by atoms with van der Waals surface area (Å²) in [5, 5.41) is 2.52. The second-order valence-electron chi connectivity index (χ2n) is 16.9. The van der Waals surface area contributed by atoms with Gasteiger partial charge in [0.1, 0.15) is 0 Å². The minimum absolute atomic E-state index is 0.0895. The molecule has 0 N–H and O–H groups in total. The summed E-state index contributed by atoms with van der Waals surface area (Å²) >= 11 is 0. The molecule has 0 fully saturated rings. The fourth-order valence-corrected chi connectivity index (χ4v) is 9.74. The first-order valence-corrected chi connectivity index (χ1v) is 21.6. The van der Waals surface area contributed by atoms with Gasteiger partial charge in [-0.3, -0.25) is 0 Å². The van der Waals surface area contributed by atoms with E-state index in [1.165, 1.54) is 88.7 Å². The standard InChI is InChI=1S/C61H45N/c1-61(2)57-26-14-13-23-54(57)56-41-51(38-39-58(56)61)62(50-36-34-44(35-37-50)43-28-30-45(31-29-43)49-33-32-42-16-9-10-21-48(42)40-49)59-27-15-25-53(47-19-7-4-8-20-47)60(59)55-24-12-11-22-52(55)46-17-5-3-6-18-46/h3-41H,1-2H3. The van der Waals surface area contributed by atoms with E-state index < -0.39 is 0 Å². The minimum Gasteiger partial charge on any atom is -0.310 e. The lowest BCUT2D eigenvalue weighted by atomic mass is 9.82. The highest BCUT2D eigenvalue weighted by atomic mass is 15.1. The van der Waals surface area contributed by atoms with Gasteiger partial charge in [0.05, 0.1) is 5.69 Å². The zero-order valence-electron chi connectivity index (χ0n) is 35.0. The SMILES string of the molecule is CC1(C)c2ccccc2-c2cc(N(c3ccc(-c4ccc(-c5ccc6ccccc6c5)cc4)cc3)c3cccc(-c4ccccc4)c3-c3ccccc3-c3ccccc3)ccc21. The Labute approximate surface area is 364 Å². The van der Waals surface area contributed by atoms with Crippen molar-refractivity contribution in [1.29, 1.82) is 0 Å². The van der Waals surface area contributed by atoms with Crippen molar-refractivity contribution in [3.8, 4) is 66.8 Å². The third-order valence-corrected chi connectivity index (χ3v) is 12.9. The molecule has 62 heavy (non-hydrogen) atoms. The lowest BCUT2D eigenvalue weighted by Crippen LogP contribution is -2.15. The topological polar surface area (TPSA) is 3.24 Å². The van der Waals surface area contributed by atoms with Crippen LogP contribution in [0.2, 0.25) is 0 Å². The summed E-state index contributed by atoms with van der Waals surface area (Å²) in [5.74, 6) is 0. The predicted molar refractivity (Wildman–Crippen MR) is 263 cm³/mol. The normalized spacial score (nSPS) is 12.5. The predicted octanol–water partition coefficient (Wildman–Crippen LogP) is 17.0. The van der Waals surface area contributed by atoms with E-state index in [0.717, 1.165) is 17.1 Å². The van der Waals surface area contributed by atoms with Crippen LogP contribution in [0.4, 0.5) is 17.1 Å². The molecule has 1 aliphatic rings. The second kappa shape index (κ2) is 15.4. The quantitative estimate of drug-likeness (QED) is 0.148. The molecule has 11 rings (SSSR count). The highest BCUT2D eigenvalue weighted by Crippen LogP contribution is 2.52. The van der Waals surface area contributed by atoms with Crippen molar-refractivity contribution in [1.82, 2.24) is 0 Å². The molecule has 0 aliphatic heterocycles. The number of anilines is 3. The maximum Gasteiger partial charge on any atom is 0.0546 e. The number of fused-ring (bicyclic) bond motifs is 4. The maximum atomic E-state index is 2.48. The van der Waals surface area contributed by atoms with Gasteiger partial charge in [-0.25, -0.2) is 0 Å². The van der Waals surface area contributed by atoms with Gasteiger partial charge in [-0.1, -0.05) is 214 Å². The average molecular weight is 792 g/mol. The molecule has 0 amide bonds. The largest absolute Gasteiger partial charge is 0.310 e. The molecule has 10 aromatic rings. The summed E-state index contributed by atoms with van der Waals surface area (Å²) < 4.78 is 0. The van der Waals surface area contributed by atoms with Crippen LogP contribution < -0.4 is 4.90 Å². The summed E-state index contributed by atoms with van der Waals surface area (Å²) in [6.45, 7) is 4.70. The average Bonchev–Trinajstić information content (AvgIpc) is 3.57. The van der Waals surface area contributed by atoms with E-state index >= 15 is 0 Å². The smallest absolute Gasteiger partial charge is 0.0546 e. The van der Waals surface area contributed by atoms with E-state index in [4.69, 9.17) is 0 Å². The Bertz CT molecular complexity index is 3230. The molecular formula is C61H45N. The molecule has 1 nitrogen and oxygen atoms in total. The molecule has 0 saturated carbocycles. The molecule has 0 radical (unpaired) electrons. The van der Waals surface area contributed by atoms with Crippen molar-refractivity contribution >= 4 is 27.8 Å². The van der Waals surface area contributed by atoms with E-state index in [-0.39, 0.29) is 5.41 Å². The van der Waals surface area contributed by atoms with Gasteiger partial charge in [0.2, 0.25) is 0 Å². The van der Waals surface area contributed by atoms with E-state index in [1.807, 2.05) is 0 Å². The van der Waals surface area contributed by atoms with E-state index in [9.17, 15) is 0 Å². The van der Waals surface area contributed by atoms with Crippen molar-refractivity contribution in [3.63, 3.8) is 0 Å². The highest BCUT2D eigenvalue weighted by molar-refractivity contribution is 6.01. The molecule has 0 heterocycles. The number of benzene rings is 10. The van der Waals surface area contributed by atoms with Crippen LogP contribution in [0.15, 0.2) is 237 Å². The van der Waals surface area contributed by atoms with Crippen LogP contribution >= 0.6 is 0 Å². The highest BCUT2D eigenvalue weighted by Gasteiger charge is 2.36. The van der Waals surface area contributed by atoms with E-state index in [0.29, 0.717) is 0 Å². The lowest BCUT2D eigenvalue weighted by Gasteiger charge is -2.31.